The molecule has 1 aliphatic heterocycles. The van der Waals surface area contributed by atoms with E-state index in [1.807, 2.05) is 18.2 Å². The number of hydrogen-bond acceptors (Lipinski definition) is 7. The van der Waals surface area contributed by atoms with Crippen molar-refractivity contribution in [2.24, 2.45) is 0 Å². The predicted octanol–water partition coefficient (Wildman–Crippen LogP) is 1.70. The summed E-state index contributed by atoms with van der Waals surface area (Å²) in [7, 11) is 1.56. The van der Waals surface area contributed by atoms with E-state index in [-0.39, 0.29) is 0 Å². The standard InChI is InChI=1S/C16H22N4O3/c1-21-19-16-14-11-13(3-4-15(14)17-12-18-16)23-8-2-5-20-6-9-22-10-7-20/h3-4,11-12H,2,5-10H2,1H3,(H,17,18,19). The molecule has 0 amide bonds. The number of nitrogens with zero attached hydrogens (tertiary/aromatic N) is 3. The second-order valence-corrected chi connectivity index (χ2v) is 5.36. The van der Waals surface area contributed by atoms with Gasteiger partial charge in [0.2, 0.25) is 0 Å². The zero-order valence-corrected chi connectivity index (χ0v) is 13.3. The van der Waals surface area contributed by atoms with Gasteiger partial charge in [-0.1, -0.05) is 0 Å². The maximum Gasteiger partial charge on any atom is 0.161 e. The Morgan fingerprint density at radius 3 is 2.96 bits per heavy atom. The zero-order chi connectivity index (χ0) is 15.9. The van der Waals surface area contributed by atoms with Gasteiger partial charge in [0.1, 0.15) is 12.1 Å². The fourth-order valence-corrected chi connectivity index (χ4v) is 2.61. The Morgan fingerprint density at radius 2 is 2.13 bits per heavy atom. The minimum atomic E-state index is 0.635. The van der Waals surface area contributed by atoms with Crippen molar-refractivity contribution in [3.8, 4) is 5.75 Å². The lowest BCUT2D eigenvalue weighted by Gasteiger charge is -2.26. The van der Waals surface area contributed by atoms with Gasteiger partial charge in [-0.2, -0.15) is 0 Å². The van der Waals surface area contributed by atoms with E-state index in [2.05, 4.69) is 20.3 Å². The van der Waals surface area contributed by atoms with Gasteiger partial charge in [0, 0.05) is 25.0 Å². The fourth-order valence-electron chi connectivity index (χ4n) is 2.61. The Balaban J connectivity index is 1.56. The summed E-state index contributed by atoms with van der Waals surface area (Å²) in [5.74, 6) is 1.45. The van der Waals surface area contributed by atoms with Crippen molar-refractivity contribution in [1.29, 1.82) is 0 Å². The first-order chi connectivity index (χ1) is 11.4. The molecule has 23 heavy (non-hydrogen) atoms. The summed E-state index contributed by atoms with van der Waals surface area (Å²) in [4.78, 5) is 15.8. The lowest BCUT2D eigenvalue weighted by Crippen LogP contribution is -2.37. The third-order valence-corrected chi connectivity index (χ3v) is 3.80. The number of aromatic nitrogens is 2. The van der Waals surface area contributed by atoms with Gasteiger partial charge < -0.3 is 9.47 Å². The van der Waals surface area contributed by atoms with Crippen LogP contribution in [0.2, 0.25) is 0 Å². The van der Waals surface area contributed by atoms with E-state index >= 15 is 0 Å². The summed E-state index contributed by atoms with van der Waals surface area (Å²) in [5, 5.41) is 0.875. The minimum Gasteiger partial charge on any atom is -0.494 e. The quantitative estimate of drug-likeness (QED) is 0.615. The van der Waals surface area contributed by atoms with Crippen LogP contribution in [0.5, 0.6) is 5.75 Å². The molecule has 1 N–H and O–H groups in total. The SMILES string of the molecule is CONc1ncnc2ccc(OCCCN3CCOCC3)cc12. The molecule has 0 atom stereocenters. The number of nitrogens with one attached hydrogen (secondary N) is 1. The van der Waals surface area contributed by atoms with E-state index in [1.165, 1.54) is 6.33 Å². The molecule has 124 valence electrons. The van der Waals surface area contributed by atoms with Crippen LogP contribution >= 0.6 is 0 Å². The van der Waals surface area contributed by atoms with Gasteiger partial charge in [0.15, 0.2) is 5.82 Å². The molecule has 0 spiro atoms. The van der Waals surface area contributed by atoms with Crippen LogP contribution in [0.3, 0.4) is 0 Å². The van der Waals surface area contributed by atoms with Gasteiger partial charge in [-0.25, -0.2) is 15.4 Å². The van der Waals surface area contributed by atoms with Crippen LogP contribution in [-0.2, 0) is 9.57 Å². The Hall–Kier alpha value is -1.96. The van der Waals surface area contributed by atoms with Crippen molar-refractivity contribution < 1.29 is 14.3 Å². The highest BCUT2D eigenvalue weighted by Crippen LogP contribution is 2.24. The lowest BCUT2D eigenvalue weighted by atomic mass is 10.2. The zero-order valence-electron chi connectivity index (χ0n) is 13.3. The molecular formula is C16H22N4O3. The van der Waals surface area contributed by atoms with Crippen LogP contribution in [0.15, 0.2) is 24.5 Å². The number of fused-ring (bicyclic) bond motifs is 1. The molecule has 2 aromatic rings. The summed E-state index contributed by atoms with van der Waals surface area (Å²) < 4.78 is 11.2. The van der Waals surface area contributed by atoms with Crippen molar-refractivity contribution in [2.45, 2.75) is 6.42 Å². The van der Waals surface area contributed by atoms with E-state index in [9.17, 15) is 0 Å². The van der Waals surface area contributed by atoms with E-state index in [0.717, 1.165) is 55.9 Å². The first-order valence-electron chi connectivity index (χ1n) is 7.83. The monoisotopic (exact) mass is 318 g/mol. The Labute approximate surface area is 135 Å². The molecule has 7 nitrogen and oxygen atoms in total. The van der Waals surface area contributed by atoms with Crippen molar-refractivity contribution in [3.63, 3.8) is 0 Å². The highest BCUT2D eigenvalue weighted by molar-refractivity contribution is 5.89. The molecule has 3 rings (SSSR count). The highest BCUT2D eigenvalue weighted by atomic mass is 16.6. The van der Waals surface area contributed by atoms with Gasteiger partial charge in [-0.3, -0.25) is 9.74 Å². The second kappa shape index (κ2) is 8.05. The first-order valence-corrected chi connectivity index (χ1v) is 7.83. The average Bonchev–Trinajstić information content (AvgIpc) is 2.60. The molecular weight excluding hydrogens is 296 g/mol. The van der Waals surface area contributed by atoms with Crippen LogP contribution in [0.1, 0.15) is 6.42 Å². The second-order valence-electron chi connectivity index (χ2n) is 5.36. The Bertz CT molecular complexity index is 632. The largest absolute Gasteiger partial charge is 0.494 e. The van der Waals surface area contributed by atoms with E-state index in [0.29, 0.717) is 12.4 Å². The third-order valence-electron chi connectivity index (χ3n) is 3.80. The number of hydrogen-bond donors (Lipinski definition) is 1. The topological polar surface area (TPSA) is 68.7 Å². The lowest BCUT2D eigenvalue weighted by molar-refractivity contribution is 0.0358. The van der Waals surface area contributed by atoms with Crippen LogP contribution < -0.4 is 10.2 Å². The number of rotatable bonds is 7. The smallest absolute Gasteiger partial charge is 0.161 e. The van der Waals surface area contributed by atoms with Crippen molar-refractivity contribution >= 4 is 16.7 Å². The molecule has 0 radical (unpaired) electrons. The summed E-state index contributed by atoms with van der Waals surface area (Å²) in [6.45, 7) is 5.42. The van der Waals surface area contributed by atoms with E-state index in [1.54, 1.807) is 7.11 Å². The molecule has 1 aromatic heterocycles. The van der Waals surface area contributed by atoms with Gasteiger partial charge in [-0.15, -0.1) is 0 Å². The van der Waals surface area contributed by atoms with Crippen molar-refractivity contribution in [1.82, 2.24) is 14.9 Å². The van der Waals surface area contributed by atoms with Crippen LogP contribution in [0.25, 0.3) is 10.9 Å². The van der Waals surface area contributed by atoms with Gasteiger partial charge in [-0.05, 0) is 24.6 Å². The minimum absolute atomic E-state index is 0.635. The summed E-state index contributed by atoms with van der Waals surface area (Å²) in [5.41, 5.74) is 3.61. The molecule has 2 heterocycles. The maximum atomic E-state index is 5.86. The highest BCUT2D eigenvalue weighted by Gasteiger charge is 2.09. The van der Waals surface area contributed by atoms with Gasteiger partial charge in [0.25, 0.3) is 0 Å². The van der Waals surface area contributed by atoms with Gasteiger partial charge in [0.05, 0.1) is 32.4 Å². The van der Waals surface area contributed by atoms with Crippen LogP contribution in [0.4, 0.5) is 5.82 Å². The summed E-state index contributed by atoms with van der Waals surface area (Å²) in [6.07, 6.45) is 2.50. The molecule has 1 fully saturated rings. The number of ether oxygens (including phenoxy) is 2. The first kappa shape index (κ1) is 15.9. The van der Waals surface area contributed by atoms with Crippen LogP contribution in [0, 0.1) is 0 Å². The van der Waals surface area contributed by atoms with E-state index in [4.69, 9.17) is 14.3 Å². The number of anilines is 1. The molecule has 0 saturated carbocycles. The molecule has 1 aromatic carbocycles. The summed E-state index contributed by atoms with van der Waals surface area (Å²) in [6, 6.07) is 5.79. The Morgan fingerprint density at radius 1 is 1.26 bits per heavy atom. The molecule has 1 saturated heterocycles. The molecule has 0 bridgehead atoms. The normalized spacial score (nSPS) is 15.7. The summed E-state index contributed by atoms with van der Waals surface area (Å²) >= 11 is 0. The molecule has 0 aliphatic carbocycles. The van der Waals surface area contributed by atoms with Gasteiger partial charge >= 0.3 is 0 Å². The maximum absolute atomic E-state index is 5.86. The predicted molar refractivity (Wildman–Crippen MR) is 87.5 cm³/mol. The number of benzene rings is 1. The van der Waals surface area contributed by atoms with Crippen molar-refractivity contribution in [2.75, 3.05) is 52.0 Å². The number of morpholine rings is 1. The fraction of sp³-hybridized carbons (Fsp3) is 0.500. The average molecular weight is 318 g/mol. The third kappa shape index (κ3) is 4.28. The molecule has 1 aliphatic rings. The van der Waals surface area contributed by atoms with E-state index < -0.39 is 0 Å². The van der Waals surface area contributed by atoms with Crippen LogP contribution in [-0.4, -0.2) is 61.4 Å². The Kier molecular flexibility index (Phi) is 5.57. The molecule has 7 heteroatoms. The van der Waals surface area contributed by atoms with Crippen molar-refractivity contribution in [3.05, 3.63) is 24.5 Å². The molecule has 0 unspecified atom stereocenters.